The molecule has 27 heavy (non-hydrogen) atoms. The van der Waals surface area contributed by atoms with Crippen LogP contribution in [0.15, 0.2) is 48.7 Å². The molecule has 4 rings (SSSR count). The molecule has 2 fully saturated rings. The summed E-state index contributed by atoms with van der Waals surface area (Å²) in [6.07, 6.45) is 6.48. The number of carbonyl (C=O) groups is 2. The monoisotopic (exact) mass is 365 g/mol. The van der Waals surface area contributed by atoms with Gasteiger partial charge in [0.2, 0.25) is 5.91 Å². The predicted molar refractivity (Wildman–Crippen MR) is 104 cm³/mol. The minimum absolute atomic E-state index is 0.0162. The molecule has 0 spiro atoms. The van der Waals surface area contributed by atoms with Gasteiger partial charge in [0.1, 0.15) is 5.69 Å². The number of rotatable bonds is 4. The molecule has 1 N–H and O–H groups in total. The van der Waals surface area contributed by atoms with Crippen molar-refractivity contribution in [2.75, 3.05) is 26.2 Å². The van der Waals surface area contributed by atoms with Crippen molar-refractivity contribution in [3.8, 4) is 0 Å². The fourth-order valence-electron chi connectivity index (χ4n) is 4.53. The average molecular weight is 365 g/mol. The number of piperazine rings is 1. The van der Waals surface area contributed by atoms with Gasteiger partial charge in [-0.2, -0.15) is 0 Å². The quantitative estimate of drug-likeness (QED) is 0.904. The van der Waals surface area contributed by atoms with Crippen molar-refractivity contribution >= 4 is 11.8 Å². The summed E-state index contributed by atoms with van der Waals surface area (Å²) in [5.41, 5.74) is 1.75. The summed E-state index contributed by atoms with van der Waals surface area (Å²) in [5, 5.41) is 0. The Kier molecular flexibility index (Phi) is 5.28. The number of carbonyl (C=O) groups excluding carboxylic acids is 2. The zero-order valence-corrected chi connectivity index (χ0v) is 15.6. The maximum atomic E-state index is 13.4. The Labute approximate surface area is 160 Å². The smallest absolute Gasteiger partial charge is 0.270 e. The third kappa shape index (κ3) is 3.77. The van der Waals surface area contributed by atoms with E-state index >= 15 is 0 Å². The fourth-order valence-corrected chi connectivity index (χ4v) is 4.53. The first kappa shape index (κ1) is 17.8. The maximum absolute atomic E-state index is 13.4. The van der Waals surface area contributed by atoms with Crippen LogP contribution >= 0.6 is 0 Å². The largest absolute Gasteiger partial charge is 0.357 e. The van der Waals surface area contributed by atoms with Crippen LogP contribution in [-0.4, -0.2) is 52.8 Å². The van der Waals surface area contributed by atoms with Crippen LogP contribution in [0, 0.1) is 5.92 Å². The van der Waals surface area contributed by atoms with Gasteiger partial charge in [-0.05, 0) is 36.5 Å². The molecular weight excluding hydrogens is 338 g/mol. The van der Waals surface area contributed by atoms with E-state index in [9.17, 15) is 9.59 Å². The van der Waals surface area contributed by atoms with Crippen molar-refractivity contribution in [3.05, 3.63) is 59.9 Å². The highest BCUT2D eigenvalue weighted by Gasteiger charge is 2.36. The van der Waals surface area contributed by atoms with Crippen LogP contribution in [0.25, 0.3) is 0 Å². The number of hydrogen-bond acceptors (Lipinski definition) is 2. The normalized spacial score (nSPS) is 19.3. The first-order chi connectivity index (χ1) is 13.2. The van der Waals surface area contributed by atoms with Crippen molar-refractivity contribution in [1.82, 2.24) is 14.8 Å². The van der Waals surface area contributed by atoms with Gasteiger partial charge in [0.05, 0.1) is 5.92 Å². The highest BCUT2D eigenvalue weighted by Crippen LogP contribution is 2.38. The van der Waals surface area contributed by atoms with E-state index in [1.165, 1.54) is 12.8 Å². The number of aromatic amines is 1. The highest BCUT2D eigenvalue weighted by molar-refractivity contribution is 5.92. The van der Waals surface area contributed by atoms with E-state index in [2.05, 4.69) is 17.1 Å². The lowest BCUT2D eigenvalue weighted by Gasteiger charge is -2.37. The second kappa shape index (κ2) is 7.99. The van der Waals surface area contributed by atoms with Crippen LogP contribution in [-0.2, 0) is 4.79 Å². The molecule has 5 heteroatoms. The molecule has 2 aromatic rings. The van der Waals surface area contributed by atoms with E-state index in [4.69, 9.17) is 0 Å². The number of nitrogens with zero attached hydrogens (tertiary/aromatic N) is 2. The van der Waals surface area contributed by atoms with Gasteiger partial charge in [-0.25, -0.2) is 0 Å². The molecule has 1 aliphatic carbocycles. The van der Waals surface area contributed by atoms with Gasteiger partial charge in [0, 0.05) is 32.4 Å². The van der Waals surface area contributed by atoms with Crippen LogP contribution in [0.2, 0.25) is 0 Å². The molecule has 2 aliphatic rings. The molecule has 1 aromatic carbocycles. The van der Waals surface area contributed by atoms with Crippen molar-refractivity contribution in [1.29, 1.82) is 0 Å². The zero-order valence-electron chi connectivity index (χ0n) is 15.6. The van der Waals surface area contributed by atoms with E-state index in [-0.39, 0.29) is 17.7 Å². The molecular formula is C22H27N3O2. The van der Waals surface area contributed by atoms with Gasteiger partial charge in [-0.3, -0.25) is 9.59 Å². The van der Waals surface area contributed by atoms with Gasteiger partial charge < -0.3 is 14.8 Å². The number of benzene rings is 1. The summed E-state index contributed by atoms with van der Waals surface area (Å²) in [6.45, 7) is 2.41. The Morgan fingerprint density at radius 2 is 1.56 bits per heavy atom. The third-order valence-electron chi connectivity index (χ3n) is 6.00. The average Bonchev–Trinajstić information content (AvgIpc) is 3.43. The number of H-pyrrole nitrogens is 1. The van der Waals surface area contributed by atoms with E-state index in [1.54, 1.807) is 12.3 Å². The number of nitrogens with one attached hydrogen (secondary N) is 1. The van der Waals surface area contributed by atoms with Crippen molar-refractivity contribution in [2.45, 2.75) is 31.6 Å². The molecule has 1 unspecified atom stereocenters. The van der Waals surface area contributed by atoms with Crippen LogP contribution in [0.3, 0.4) is 0 Å². The van der Waals surface area contributed by atoms with Gasteiger partial charge in [-0.1, -0.05) is 43.2 Å². The van der Waals surface area contributed by atoms with Gasteiger partial charge in [0.15, 0.2) is 0 Å². The molecule has 5 nitrogen and oxygen atoms in total. The minimum Gasteiger partial charge on any atom is -0.357 e. The van der Waals surface area contributed by atoms with Crippen molar-refractivity contribution < 1.29 is 9.59 Å². The van der Waals surface area contributed by atoms with E-state index < -0.39 is 0 Å². The Bertz CT molecular complexity index is 758. The summed E-state index contributed by atoms with van der Waals surface area (Å²) < 4.78 is 0. The summed E-state index contributed by atoms with van der Waals surface area (Å²) in [4.78, 5) is 32.7. The molecule has 1 aromatic heterocycles. The number of amides is 2. The van der Waals surface area contributed by atoms with Crippen molar-refractivity contribution in [2.24, 2.45) is 5.92 Å². The predicted octanol–water partition coefficient (Wildman–Crippen LogP) is 3.27. The SMILES string of the molecule is O=C(c1ccc[nH]1)N1CCN(C(=O)C(c2ccccc2)C2CCCC2)CC1. The van der Waals surface area contributed by atoms with Crippen LogP contribution in [0.4, 0.5) is 0 Å². The van der Waals surface area contributed by atoms with Crippen LogP contribution in [0.1, 0.15) is 47.7 Å². The lowest BCUT2D eigenvalue weighted by molar-refractivity contribution is -0.135. The second-order valence-electron chi connectivity index (χ2n) is 7.63. The van der Waals surface area contributed by atoms with Crippen LogP contribution < -0.4 is 0 Å². The maximum Gasteiger partial charge on any atom is 0.270 e. The molecule has 1 atom stereocenters. The molecule has 0 radical (unpaired) electrons. The Morgan fingerprint density at radius 1 is 0.889 bits per heavy atom. The zero-order chi connectivity index (χ0) is 18.6. The Hall–Kier alpha value is -2.56. The highest BCUT2D eigenvalue weighted by atomic mass is 16.2. The minimum atomic E-state index is -0.0423. The molecule has 1 saturated heterocycles. The molecule has 0 bridgehead atoms. The van der Waals surface area contributed by atoms with Gasteiger partial charge >= 0.3 is 0 Å². The van der Waals surface area contributed by atoms with E-state index in [0.717, 1.165) is 18.4 Å². The summed E-state index contributed by atoms with van der Waals surface area (Å²) >= 11 is 0. The lowest BCUT2D eigenvalue weighted by atomic mass is 9.83. The third-order valence-corrected chi connectivity index (χ3v) is 6.00. The number of aromatic nitrogens is 1. The first-order valence-electron chi connectivity index (χ1n) is 10.0. The first-order valence-corrected chi connectivity index (χ1v) is 10.0. The Morgan fingerprint density at radius 3 is 2.19 bits per heavy atom. The summed E-state index contributed by atoms with van der Waals surface area (Å²) in [5.74, 6) is 0.653. The van der Waals surface area contributed by atoms with E-state index in [1.807, 2.05) is 34.1 Å². The van der Waals surface area contributed by atoms with Crippen LogP contribution in [0.5, 0.6) is 0 Å². The second-order valence-corrected chi connectivity index (χ2v) is 7.63. The molecule has 2 amide bonds. The van der Waals surface area contributed by atoms with Gasteiger partial charge in [0.25, 0.3) is 5.91 Å². The van der Waals surface area contributed by atoms with Gasteiger partial charge in [-0.15, -0.1) is 0 Å². The fraction of sp³-hybridized carbons (Fsp3) is 0.455. The molecule has 1 aliphatic heterocycles. The Balaban J connectivity index is 1.44. The van der Waals surface area contributed by atoms with Crippen molar-refractivity contribution in [3.63, 3.8) is 0 Å². The number of hydrogen-bond donors (Lipinski definition) is 1. The molecule has 142 valence electrons. The summed E-state index contributed by atoms with van der Waals surface area (Å²) in [6, 6.07) is 13.9. The topological polar surface area (TPSA) is 56.4 Å². The molecule has 1 saturated carbocycles. The summed E-state index contributed by atoms with van der Waals surface area (Å²) in [7, 11) is 0. The van der Waals surface area contributed by atoms with E-state index in [0.29, 0.717) is 37.8 Å². The molecule has 2 heterocycles. The standard InChI is InChI=1S/C22H27N3O2/c26-21(19-11-6-12-23-19)24-13-15-25(16-14-24)22(27)20(18-9-4-5-10-18)17-7-2-1-3-8-17/h1-3,6-8,11-12,18,20,23H,4-5,9-10,13-16H2. The lowest BCUT2D eigenvalue weighted by Crippen LogP contribution is -2.52.